The Morgan fingerprint density at radius 2 is 1.71 bits per heavy atom. The molecule has 0 fully saturated rings. The third-order valence-electron chi connectivity index (χ3n) is 4.04. The highest BCUT2D eigenvalue weighted by molar-refractivity contribution is 5.77. The van der Waals surface area contributed by atoms with E-state index in [2.05, 4.69) is 25.7 Å². The second-order valence-corrected chi connectivity index (χ2v) is 5.34. The Hall–Kier alpha value is -1.35. The highest BCUT2D eigenvalue weighted by Crippen LogP contribution is 2.24. The summed E-state index contributed by atoms with van der Waals surface area (Å²) in [6.45, 7) is 10.6. The van der Waals surface area contributed by atoms with E-state index in [1.54, 1.807) is 0 Å². The lowest BCUT2D eigenvalue weighted by molar-refractivity contribution is -0.150. The Morgan fingerprint density at radius 1 is 1.10 bits per heavy atom. The fourth-order valence-corrected chi connectivity index (χ4v) is 2.65. The van der Waals surface area contributed by atoms with Crippen LogP contribution in [0.15, 0.2) is 30.3 Å². The van der Waals surface area contributed by atoms with Gasteiger partial charge in [-0.25, -0.2) is 4.79 Å². The van der Waals surface area contributed by atoms with Crippen molar-refractivity contribution < 1.29 is 9.53 Å². The van der Waals surface area contributed by atoms with Gasteiger partial charge in [-0.1, -0.05) is 63.9 Å². The summed E-state index contributed by atoms with van der Waals surface area (Å²) in [5.74, 6) is 0.474. The molecular weight excluding hydrogens is 262 g/mol. The molecule has 0 aliphatic heterocycles. The molecule has 0 aliphatic carbocycles. The maximum atomic E-state index is 12.4. The summed E-state index contributed by atoms with van der Waals surface area (Å²) in [6.07, 6.45) is 2.27. The second kappa shape index (κ2) is 9.56. The molecule has 0 aromatic heterocycles. The lowest BCUT2D eigenvalue weighted by atomic mass is 9.99. The van der Waals surface area contributed by atoms with Gasteiger partial charge < -0.3 is 4.74 Å². The molecule has 0 saturated heterocycles. The molecule has 1 aromatic rings. The second-order valence-electron chi connectivity index (χ2n) is 5.34. The van der Waals surface area contributed by atoms with Crippen LogP contribution in [0.2, 0.25) is 0 Å². The lowest BCUT2D eigenvalue weighted by Gasteiger charge is -2.32. The lowest BCUT2D eigenvalue weighted by Crippen LogP contribution is -2.38. The molecule has 1 rings (SSSR count). The average molecular weight is 291 g/mol. The quantitative estimate of drug-likeness (QED) is 0.643. The van der Waals surface area contributed by atoms with Crippen molar-refractivity contribution in [2.24, 2.45) is 5.92 Å². The summed E-state index contributed by atoms with van der Waals surface area (Å²) in [7, 11) is 0. The summed E-state index contributed by atoms with van der Waals surface area (Å²) in [5, 5.41) is 0. The van der Waals surface area contributed by atoms with E-state index in [0.717, 1.165) is 31.5 Å². The average Bonchev–Trinajstić information content (AvgIpc) is 2.52. The molecule has 1 atom stereocenters. The van der Waals surface area contributed by atoms with Crippen LogP contribution in [0.4, 0.5) is 0 Å². The molecule has 118 valence electrons. The molecule has 0 spiro atoms. The van der Waals surface area contributed by atoms with Crippen molar-refractivity contribution in [3.63, 3.8) is 0 Å². The summed E-state index contributed by atoms with van der Waals surface area (Å²) in [6, 6.07) is 9.66. The van der Waals surface area contributed by atoms with Crippen molar-refractivity contribution in [2.45, 2.75) is 46.6 Å². The zero-order valence-electron chi connectivity index (χ0n) is 13.8. The number of carbonyl (C=O) groups excluding carboxylic acids is 1. The molecule has 3 nitrogen and oxygen atoms in total. The van der Waals surface area contributed by atoms with Crippen LogP contribution in [-0.2, 0) is 9.53 Å². The highest BCUT2D eigenvalue weighted by atomic mass is 16.5. The Morgan fingerprint density at radius 3 is 2.19 bits per heavy atom. The number of rotatable bonds is 9. The molecule has 0 saturated carbocycles. The molecule has 0 amide bonds. The van der Waals surface area contributed by atoms with Gasteiger partial charge in [-0.05, 0) is 24.9 Å². The first-order valence-corrected chi connectivity index (χ1v) is 8.13. The van der Waals surface area contributed by atoms with Gasteiger partial charge in [0.25, 0.3) is 0 Å². The first kappa shape index (κ1) is 17.7. The van der Waals surface area contributed by atoms with E-state index in [-0.39, 0.29) is 12.0 Å². The maximum Gasteiger partial charge on any atom is 0.327 e. The van der Waals surface area contributed by atoms with E-state index in [1.807, 2.05) is 37.3 Å². The number of esters is 1. The molecule has 0 bridgehead atoms. The largest absolute Gasteiger partial charge is 0.465 e. The van der Waals surface area contributed by atoms with Gasteiger partial charge in [0.2, 0.25) is 0 Å². The molecule has 0 aliphatic rings. The summed E-state index contributed by atoms with van der Waals surface area (Å²) < 4.78 is 5.31. The van der Waals surface area contributed by atoms with E-state index in [1.165, 1.54) is 0 Å². The van der Waals surface area contributed by atoms with Crippen molar-refractivity contribution in [3.8, 4) is 0 Å². The number of hydrogen-bond donors (Lipinski definition) is 0. The highest BCUT2D eigenvalue weighted by Gasteiger charge is 2.29. The minimum Gasteiger partial charge on any atom is -0.465 e. The van der Waals surface area contributed by atoms with Crippen LogP contribution in [0, 0.1) is 5.92 Å². The van der Waals surface area contributed by atoms with Gasteiger partial charge in [-0.2, -0.15) is 0 Å². The minimum atomic E-state index is -0.295. The molecule has 3 heteroatoms. The smallest absolute Gasteiger partial charge is 0.327 e. The maximum absolute atomic E-state index is 12.4. The van der Waals surface area contributed by atoms with Gasteiger partial charge >= 0.3 is 5.97 Å². The Labute approximate surface area is 129 Å². The van der Waals surface area contributed by atoms with Crippen LogP contribution in [0.5, 0.6) is 0 Å². The Bertz CT molecular complexity index is 401. The predicted octanol–water partition coefficient (Wildman–Crippen LogP) is 4.05. The molecule has 21 heavy (non-hydrogen) atoms. The number of likely N-dealkylation sites (N-methyl/N-ethyl adjacent to an activating group) is 1. The van der Waals surface area contributed by atoms with E-state index in [4.69, 9.17) is 4.74 Å². The predicted molar refractivity (Wildman–Crippen MR) is 87.1 cm³/mol. The number of benzene rings is 1. The number of hydrogen-bond acceptors (Lipinski definition) is 3. The van der Waals surface area contributed by atoms with Crippen molar-refractivity contribution in [3.05, 3.63) is 35.9 Å². The van der Waals surface area contributed by atoms with Crippen molar-refractivity contribution in [1.82, 2.24) is 4.90 Å². The van der Waals surface area contributed by atoms with Gasteiger partial charge in [-0.15, -0.1) is 0 Å². The first-order chi connectivity index (χ1) is 10.2. The zero-order valence-corrected chi connectivity index (χ0v) is 13.8. The van der Waals surface area contributed by atoms with E-state index in [9.17, 15) is 4.79 Å². The monoisotopic (exact) mass is 291 g/mol. The van der Waals surface area contributed by atoms with Gasteiger partial charge in [0, 0.05) is 6.54 Å². The van der Waals surface area contributed by atoms with E-state index in [0.29, 0.717) is 12.5 Å². The van der Waals surface area contributed by atoms with Crippen LogP contribution < -0.4 is 0 Å². The molecule has 0 N–H and O–H groups in total. The third-order valence-corrected chi connectivity index (χ3v) is 4.04. The van der Waals surface area contributed by atoms with Gasteiger partial charge in [0.05, 0.1) is 6.61 Å². The van der Waals surface area contributed by atoms with Crippen molar-refractivity contribution in [1.29, 1.82) is 0 Å². The van der Waals surface area contributed by atoms with Crippen molar-refractivity contribution in [2.75, 3.05) is 19.7 Å². The number of nitrogens with zero attached hydrogens (tertiary/aromatic N) is 1. The fraction of sp³-hybridized carbons (Fsp3) is 0.611. The summed E-state index contributed by atoms with van der Waals surface area (Å²) in [5.41, 5.74) is 1.02. The summed E-state index contributed by atoms with van der Waals surface area (Å²) in [4.78, 5) is 14.7. The Balaban J connectivity index is 3.00. The Kier molecular flexibility index (Phi) is 8.06. The van der Waals surface area contributed by atoms with Gasteiger partial charge in [0.1, 0.15) is 6.04 Å². The minimum absolute atomic E-state index is 0.142. The normalized spacial score (nSPS) is 12.7. The fourth-order valence-electron chi connectivity index (χ4n) is 2.65. The van der Waals surface area contributed by atoms with Crippen LogP contribution in [0.3, 0.4) is 0 Å². The molecule has 1 unspecified atom stereocenters. The van der Waals surface area contributed by atoms with Crippen molar-refractivity contribution >= 4 is 5.97 Å². The van der Waals surface area contributed by atoms with Gasteiger partial charge in [0.15, 0.2) is 0 Å². The molecule has 1 aromatic carbocycles. The van der Waals surface area contributed by atoms with Crippen LogP contribution in [0.25, 0.3) is 0 Å². The van der Waals surface area contributed by atoms with Crippen LogP contribution >= 0.6 is 0 Å². The van der Waals surface area contributed by atoms with Crippen LogP contribution in [0.1, 0.15) is 52.1 Å². The first-order valence-electron chi connectivity index (χ1n) is 8.13. The number of ether oxygens (including phenoxy) is 1. The molecule has 0 heterocycles. The van der Waals surface area contributed by atoms with Crippen LogP contribution in [-0.4, -0.2) is 30.6 Å². The summed E-state index contributed by atoms with van der Waals surface area (Å²) >= 11 is 0. The molecule has 0 radical (unpaired) electrons. The SMILES string of the molecule is CCOC(=O)C(c1ccccc1)N(CC)CC(CC)CC. The van der Waals surface area contributed by atoms with Gasteiger partial charge in [-0.3, -0.25) is 4.90 Å². The van der Waals surface area contributed by atoms with E-state index < -0.39 is 0 Å². The third kappa shape index (κ3) is 5.16. The zero-order chi connectivity index (χ0) is 15.7. The number of carbonyl (C=O) groups is 1. The topological polar surface area (TPSA) is 29.5 Å². The van der Waals surface area contributed by atoms with E-state index >= 15 is 0 Å². The standard InChI is InChI=1S/C18H29NO2/c1-5-15(6-2)14-19(7-3)17(18(20)21-8-4)16-12-10-9-11-13-16/h9-13,15,17H,5-8,14H2,1-4H3. The molecular formula is C18H29NO2.